The Kier molecular flexibility index (Phi) is 5.71. The highest BCUT2D eigenvalue weighted by molar-refractivity contribution is 8.16. The number of thioether (sulfide) groups is 1. The van der Waals surface area contributed by atoms with Gasteiger partial charge in [-0.3, -0.25) is 4.79 Å². The summed E-state index contributed by atoms with van der Waals surface area (Å²) in [5.74, 6) is 0.933. The molecule has 0 N–H and O–H groups in total. The van der Waals surface area contributed by atoms with Crippen LogP contribution in [0.15, 0.2) is 23.2 Å². The van der Waals surface area contributed by atoms with E-state index in [1.165, 1.54) is 11.8 Å². The van der Waals surface area contributed by atoms with E-state index in [1.807, 2.05) is 24.8 Å². The van der Waals surface area contributed by atoms with Gasteiger partial charge in [0.05, 0.1) is 37.5 Å². The number of hydrogen-bond acceptors (Lipinski definition) is 6. The normalized spacial score (nSPS) is 26.1. The largest absolute Gasteiger partial charge is 0.497 e. The van der Waals surface area contributed by atoms with E-state index in [-0.39, 0.29) is 34.6 Å². The average Bonchev–Trinajstić information content (AvgIpc) is 3.11. The van der Waals surface area contributed by atoms with Gasteiger partial charge in [0, 0.05) is 17.2 Å². The second-order valence-corrected chi connectivity index (χ2v) is 10.1. The van der Waals surface area contributed by atoms with Gasteiger partial charge in [0.15, 0.2) is 15.0 Å². The molecule has 3 atom stereocenters. The first-order valence-electron chi connectivity index (χ1n) is 8.80. The summed E-state index contributed by atoms with van der Waals surface area (Å²) in [6.07, 6.45) is 0.702. The molecule has 1 aromatic rings. The monoisotopic (exact) mass is 412 g/mol. The standard InChI is InChI=1S/C18H24N2O5S2/c1-5-11(2)17(21)19-18-20(14-9-27(22,23)10-16(14)26-18)13-7-6-12(24-3)8-15(13)25-4/h6-8,11,14,16H,5,9-10H2,1-4H3/t11-,14+,16+/m1/s1. The van der Waals surface area contributed by atoms with Gasteiger partial charge in [-0.05, 0) is 18.6 Å². The molecule has 0 spiro atoms. The first kappa shape index (κ1) is 20.0. The third-order valence-electron chi connectivity index (χ3n) is 4.95. The van der Waals surface area contributed by atoms with Gasteiger partial charge < -0.3 is 14.4 Å². The number of ether oxygens (including phenoxy) is 2. The van der Waals surface area contributed by atoms with Crippen molar-refractivity contribution in [1.29, 1.82) is 0 Å². The maximum Gasteiger partial charge on any atom is 0.250 e. The van der Waals surface area contributed by atoms with Crippen molar-refractivity contribution in [1.82, 2.24) is 0 Å². The molecule has 2 saturated heterocycles. The molecule has 0 bridgehead atoms. The van der Waals surface area contributed by atoms with Crippen LogP contribution in [0.1, 0.15) is 20.3 Å². The predicted octanol–water partition coefficient (Wildman–Crippen LogP) is 2.35. The van der Waals surface area contributed by atoms with Crippen LogP contribution in [0.25, 0.3) is 0 Å². The van der Waals surface area contributed by atoms with Crippen LogP contribution in [0.5, 0.6) is 11.5 Å². The Morgan fingerprint density at radius 1 is 1.33 bits per heavy atom. The Labute approximate surface area is 164 Å². The number of methoxy groups -OCH3 is 2. The van der Waals surface area contributed by atoms with E-state index >= 15 is 0 Å². The van der Waals surface area contributed by atoms with Crippen molar-refractivity contribution >= 4 is 38.4 Å². The molecule has 2 aliphatic rings. The highest BCUT2D eigenvalue weighted by Crippen LogP contribution is 2.44. The molecular weight excluding hydrogens is 388 g/mol. The minimum Gasteiger partial charge on any atom is -0.497 e. The fourth-order valence-electron chi connectivity index (χ4n) is 3.21. The number of sulfone groups is 1. The lowest BCUT2D eigenvalue weighted by atomic mass is 10.1. The Morgan fingerprint density at radius 3 is 2.70 bits per heavy atom. The van der Waals surface area contributed by atoms with Gasteiger partial charge in [-0.2, -0.15) is 4.99 Å². The average molecular weight is 413 g/mol. The number of benzene rings is 1. The van der Waals surface area contributed by atoms with Crippen LogP contribution in [0.3, 0.4) is 0 Å². The van der Waals surface area contributed by atoms with Crippen molar-refractivity contribution in [2.45, 2.75) is 31.6 Å². The number of anilines is 1. The van der Waals surface area contributed by atoms with Crippen molar-refractivity contribution in [2.24, 2.45) is 10.9 Å². The number of nitrogens with zero attached hydrogens (tertiary/aromatic N) is 2. The molecule has 9 heteroatoms. The molecule has 0 radical (unpaired) electrons. The van der Waals surface area contributed by atoms with Crippen LogP contribution >= 0.6 is 11.8 Å². The van der Waals surface area contributed by atoms with Gasteiger partial charge in [-0.15, -0.1) is 0 Å². The zero-order chi connectivity index (χ0) is 19.8. The Hall–Kier alpha value is -1.74. The molecule has 0 aliphatic carbocycles. The number of aliphatic imine (C=N–C) groups is 1. The van der Waals surface area contributed by atoms with Crippen molar-refractivity contribution in [3.63, 3.8) is 0 Å². The third-order valence-corrected chi connectivity index (χ3v) is 8.16. The van der Waals surface area contributed by atoms with E-state index in [0.717, 1.165) is 0 Å². The number of amidine groups is 1. The first-order valence-corrected chi connectivity index (χ1v) is 11.5. The van der Waals surface area contributed by atoms with Crippen LogP contribution in [0, 0.1) is 5.92 Å². The van der Waals surface area contributed by atoms with Crippen molar-refractivity contribution in [3.8, 4) is 11.5 Å². The summed E-state index contributed by atoms with van der Waals surface area (Å²) in [7, 11) is -0.00565. The Bertz CT molecular complexity index is 869. The van der Waals surface area contributed by atoms with Crippen molar-refractivity contribution < 1.29 is 22.7 Å². The molecule has 27 heavy (non-hydrogen) atoms. The fraction of sp³-hybridized carbons (Fsp3) is 0.556. The van der Waals surface area contributed by atoms with Crippen LogP contribution in [0.4, 0.5) is 5.69 Å². The van der Waals surface area contributed by atoms with Gasteiger partial charge in [-0.1, -0.05) is 25.6 Å². The molecule has 7 nitrogen and oxygen atoms in total. The summed E-state index contributed by atoms with van der Waals surface area (Å²) in [4.78, 5) is 18.6. The summed E-state index contributed by atoms with van der Waals surface area (Å²) in [6.45, 7) is 3.78. The van der Waals surface area contributed by atoms with Gasteiger partial charge in [0.1, 0.15) is 11.5 Å². The zero-order valence-corrected chi connectivity index (χ0v) is 17.5. The van der Waals surface area contributed by atoms with Crippen molar-refractivity contribution in [2.75, 3.05) is 30.6 Å². The molecule has 2 aliphatic heterocycles. The smallest absolute Gasteiger partial charge is 0.250 e. The van der Waals surface area contributed by atoms with E-state index in [1.54, 1.807) is 26.4 Å². The fourth-order valence-corrected chi connectivity index (χ4v) is 7.12. The van der Waals surface area contributed by atoms with E-state index < -0.39 is 9.84 Å². The number of hydrogen-bond donors (Lipinski definition) is 0. The van der Waals surface area contributed by atoms with Crippen LogP contribution in [0.2, 0.25) is 0 Å². The molecule has 2 heterocycles. The highest BCUT2D eigenvalue weighted by Gasteiger charge is 2.50. The summed E-state index contributed by atoms with van der Waals surface area (Å²) >= 11 is 1.36. The number of carbonyl (C=O) groups excluding carboxylic acids is 1. The van der Waals surface area contributed by atoms with E-state index in [4.69, 9.17) is 9.47 Å². The molecule has 1 aromatic carbocycles. The number of amides is 1. The van der Waals surface area contributed by atoms with E-state index in [2.05, 4.69) is 4.99 Å². The Morgan fingerprint density at radius 2 is 2.07 bits per heavy atom. The lowest BCUT2D eigenvalue weighted by molar-refractivity contribution is -0.121. The summed E-state index contributed by atoms with van der Waals surface area (Å²) in [6, 6.07) is 5.07. The summed E-state index contributed by atoms with van der Waals surface area (Å²) < 4.78 is 35.1. The lowest BCUT2D eigenvalue weighted by Gasteiger charge is -2.26. The van der Waals surface area contributed by atoms with Gasteiger partial charge >= 0.3 is 0 Å². The van der Waals surface area contributed by atoms with Gasteiger partial charge in [-0.25, -0.2) is 8.42 Å². The Balaban J connectivity index is 2.06. The summed E-state index contributed by atoms with van der Waals surface area (Å²) in [5.41, 5.74) is 0.686. The van der Waals surface area contributed by atoms with Crippen LogP contribution < -0.4 is 14.4 Å². The molecule has 2 fully saturated rings. The molecular formula is C18H24N2O5S2. The predicted molar refractivity (Wildman–Crippen MR) is 108 cm³/mol. The van der Waals surface area contributed by atoms with E-state index in [9.17, 15) is 13.2 Å². The first-order chi connectivity index (χ1) is 12.8. The molecule has 0 saturated carbocycles. The third kappa shape index (κ3) is 3.94. The SMILES string of the molecule is CC[C@@H](C)C(=O)N=C1S[C@H]2CS(=O)(=O)C[C@@H]2N1c1ccc(OC)cc1OC. The summed E-state index contributed by atoms with van der Waals surface area (Å²) in [5, 5.41) is 0.388. The lowest BCUT2D eigenvalue weighted by Crippen LogP contribution is -2.38. The number of carbonyl (C=O) groups is 1. The number of fused-ring (bicyclic) bond motifs is 1. The van der Waals surface area contributed by atoms with Gasteiger partial charge in [0.25, 0.3) is 5.91 Å². The zero-order valence-electron chi connectivity index (χ0n) is 15.8. The molecule has 148 valence electrons. The van der Waals surface area contributed by atoms with Crippen LogP contribution in [-0.2, 0) is 14.6 Å². The second-order valence-electron chi connectivity index (χ2n) is 6.75. The maximum atomic E-state index is 12.4. The molecule has 0 unspecified atom stereocenters. The minimum atomic E-state index is -3.12. The maximum absolute atomic E-state index is 12.4. The molecule has 0 aromatic heterocycles. The molecule has 1 amide bonds. The topological polar surface area (TPSA) is 85.3 Å². The van der Waals surface area contributed by atoms with Gasteiger partial charge in [0.2, 0.25) is 0 Å². The van der Waals surface area contributed by atoms with Crippen LogP contribution in [-0.4, -0.2) is 56.5 Å². The quantitative estimate of drug-likeness (QED) is 0.734. The highest BCUT2D eigenvalue weighted by atomic mass is 32.2. The number of rotatable bonds is 5. The molecule has 3 rings (SSSR count). The minimum absolute atomic E-state index is 0.0381. The van der Waals surface area contributed by atoms with E-state index in [0.29, 0.717) is 28.8 Å². The van der Waals surface area contributed by atoms with Crippen molar-refractivity contribution in [3.05, 3.63) is 18.2 Å². The second kappa shape index (κ2) is 7.71.